The molecule has 0 aliphatic heterocycles. The molecule has 0 amide bonds. The fourth-order valence-corrected chi connectivity index (χ4v) is 1.32. The Morgan fingerprint density at radius 2 is 2.00 bits per heavy atom. The summed E-state index contributed by atoms with van der Waals surface area (Å²) in [6, 6.07) is 0. The number of hydrogen-bond acceptors (Lipinski definition) is 4. The second-order valence-electron chi connectivity index (χ2n) is 3.55. The zero-order valence-corrected chi connectivity index (χ0v) is 9.02. The molecule has 0 spiro atoms. The van der Waals surface area contributed by atoms with Gasteiger partial charge in [0.1, 0.15) is 5.82 Å². The van der Waals surface area contributed by atoms with Crippen molar-refractivity contribution in [2.24, 2.45) is 7.05 Å². The second-order valence-corrected chi connectivity index (χ2v) is 3.55. The van der Waals surface area contributed by atoms with Crippen molar-refractivity contribution in [1.29, 1.82) is 0 Å². The van der Waals surface area contributed by atoms with Gasteiger partial charge in [0, 0.05) is 24.5 Å². The number of anilines is 1. The van der Waals surface area contributed by atoms with Gasteiger partial charge in [-0.25, -0.2) is 9.97 Å². The van der Waals surface area contributed by atoms with Crippen LogP contribution in [0.3, 0.4) is 0 Å². The number of nitrogens with zero attached hydrogens (tertiary/aromatic N) is 4. The van der Waals surface area contributed by atoms with E-state index in [1.54, 1.807) is 10.9 Å². The fraction of sp³-hybridized carbons (Fsp3) is 0.300. The summed E-state index contributed by atoms with van der Waals surface area (Å²) in [5, 5.41) is 4.07. The molecule has 0 atom stereocenters. The number of rotatable bonds is 1. The van der Waals surface area contributed by atoms with Gasteiger partial charge in [-0.1, -0.05) is 0 Å². The first kappa shape index (κ1) is 9.64. The molecule has 5 heteroatoms. The normalized spacial score (nSPS) is 10.6. The first-order valence-electron chi connectivity index (χ1n) is 4.67. The molecule has 15 heavy (non-hydrogen) atoms. The minimum absolute atomic E-state index is 0.529. The predicted octanol–water partition coefficient (Wildman–Crippen LogP) is 1.08. The highest BCUT2D eigenvalue weighted by atomic mass is 15.2. The van der Waals surface area contributed by atoms with Crippen LogP contribution in [0.1, 0.15) is 11.3 Å². The van der Waals surface area contributed by atoms with Crippen molar-refractivity contribution in [1.82, 2.24) is 19.7 Å². The monoisotopic (exact) mass is 203 g/mol. The topological polar surface area (TPSA) is 69.6 Å². The first-order chi connectivity index (χ1) is 7.08. The van der Waals surface area contributed by atoms with Crippen molar-refractivity contribution in [3.8, 4) is 11.4 Å². The van der Waals surface area contributed by atoms with Crippen LogP contribution in [-0.2, 0) is 7.05 Å². The summed E-state index contributed by atoms with van der Waals surface area (Å²) >= 11 is 0. The van der Waals surface area contributed by atoms with Crippen molar-refractivity contribution in [2.45, 2.75) is 13.8 Å². The van der Waals surface area contributed by atoms with E-state index in [9.17, 15) is 0 Å². The predicted molar refractivity (Wildman–Crippen MR) is 58.1 cm³/mol. The molecule has 5 nitrogen and oxygen atoms in total. The average Bonchev–Trinajstić information content (AvgIpc) is 2.60. The zero-order valence-electron chi connectivity index (χ0n) is 9.02. The van der Waals surface area contributed by atoms with Crippen LogP contribution in [0.15, 0.2) is 12.4 Å². The van der Waals surface area contributed by atoms with Gasteiger partial charge >= 0.3 is 0 Å². The highest BCUT2D eigenvalue weighted by molar-refractivity contribution is 5.56. The molecule has 78 valence electrons. The Labute approximate surface area is 88.0 Å². The largest absolute Gasteiger partial charge is 0.383 e. The summed E-state index contributed by atoms with van der Waals surface area (Å²) in [6.07, 6.45) is 3.59. The van der Waals surface area contributed by atoms with E-state index in [0.29, 0.717) is 11.6 Å². The van der Waals surface area contributed by atoms with E-state index in [1.807, 2.05) is 27.1 Å². The van der Waals surface area contributed by atoms with Gasteiger partial charge in [-0.05, 0) is 13.8 Å². The van der Waals surface area contributed by atoms with E-state index in [2.05, 4.69) is 15.1 Å². The van der Waals surface area contributed by atoms with E-state index in [1.165, 1.54) is 0 Å². The number of nitrogen functional groups attached to an aromatic ring is 1. The molecule has 0 fully saturated rings. The molecule has 0 aliphatic carbocycles. The van der Waals surface area contributed by atoms with Crippen LogP contribution in [0, 0.1) is 13.8 Å². The summed E-state index contributed by atoms with van der Waals surface area (Å²) < 4.78 is 1.71. The lowest BCUT2D eigenvalue weighted by atomic mass is 10.2. The lowest BCUT2D eigenvalue weighted by molar-refractivity contribution is 0.768. The van der Waals surface area contributed by atoms with Gasteiger partial charge in [0.15, 0.2) is 5.82 Å². The number of nitrogens with two attached hydrogens (primary N) is 1. The van der Waals surface area contributed by atoms with Crippen molar-refractivity contribution in [2.75, 3.05) is 5.73 Å². The molecule has 2 N–H and O–H groups in total. The first-order valence-corrected chi connectivity index (χ1v) is 4.67. The van der Waals surface area contributed by atoms with Crippen LogP contribution in [0.5, 0.6) is 0 Å². The van der Waals surface area contributed by atoms with Gasteiger partial charge in [0.2, 0.25) is 0 Å². The van der Waals surface area contributed by atoms with Gasteiger partial charge in [-0.2, -0.15) is 5.10 Å². The smallest absolute Gasteiger partial charge is 0.164 e. The highest BCUT2D eigenvalue weighted by Gasteiger charge is 2.08. The third-order valence-corrected chi connectivity index (χ3v) is 2.39. The molecule has 2 aromatic rings. The maximum absolute atomic E-state index is 5.79. The molecule has 0 aliphatic rings. The molecule has 2 rings (SSSR count). The third kappa shape index (κ3) is 1.68. The molecule has 0 saturated heterocycles. The van der Waals surface area contributed by atoms with Crippen LogP contribution in [0.4, 0.5) is 5.82 Å². The Hall–Kier alpha value is -1.91. The van der Waals surface area contributed by atoms with E-state index in [-0.39, 0.29) is 0 Å². The molecule has 0 bridgehead atoms. The Morgan fingerprint density at radius 3 is 2.53 bits per heavy atom. The van der Waals surface area contributed by atoms with Gasteiger partial charge in [0.05, 0.1) is 11.8 Å². The second kappa shape index (κ2) is 3.34. The molecule has 2 aromatic heterocycles. The van der Waals surface area contributed by atoms with Crippen LogP contribution in [-0.4, -0.2) is 19.7 Å². The van der Waals surface area contributed by atoms with E-state index < -0.39 is 0 Å². The number of aromatic nitrogens is 4. The summed E-state index contributed by atoms with van der Waals surface area (Å²) in [5.74, 6) is 1.16. The van der Waals surface area contributed by atoms with E-state index in [4.69, 9.17) is 5.73 Å². The minimum atomic E-state index is 0.529. The fourth-order valence-electron chi connectivity index (χ4n) is 1.32. The zero-order chi connectivity index (χ0) is 11.0. The lowest BCUT2D eigenvalue weighted by Gasteiger charge is -2.04. The quantitative estimate of drug-likeness (QED) is 0.752. The number of hydrogen-bond donors (Lipinski definition) is 1. The molecular weight excluding hydrogens is 190 g/mol. The van der Waals surface area contributed by atoms with Crippen LogP contribution >= 0.6 is 0 Å². The van der Waals surface area contributed by atoms with E-state index >= 15 is 0 Å². The maximum atomic E-state index is 5.79. The van der Waals surface area contributed by atoms with Crippen LogP contribution in [0.25, 0.3) is 11.4 Å². The Morgan fingerprint density at radius 1 is 1.27 bits per heavy atom. The van der Waals surface area contributed by atoms with Gasteiger partial charge in [-0.15, -0.1) is 0 Å². The summed E-state index contributed by atoms with van der Waals surface area (Å²) in [5.41, 5.74) is 8.51. The SMILES string of the molecule is Cc1nc(-c2cnn(C)c2)nc(N)c1C. The highest BCUT2D eigenvalue weighted by Crippen LogP contribution is 2.18. The molecule has 0 aromatic carbocycles. The Bertz CT molecular complexity index is 477. The molecule has 0 radical (unpaired) electrons. The van der Waals surface area contributed by atoms with Crippen LogP contribution < -0.4 is 5.73 Å². The Balaban J connectivity index is 2.55. The van der Waals surface area contributed by atoms with Crippen molar-refractivity contribution >= 4 is 5.82 Å². The van der Waals surface area contributed by atoms with Crippen molar-refractivity contribution in [3.05, 3.63) is 23.7 Å². The maximum Gasteiger partial charge on any atom is 0.164 e. The Kier molecular flexibility index (Phi) is 2.15. The number of aryl methyl sites for hydroxylation is 2. The summed E-state index contributed by atoms with van der Waals surface area (Å²) in [7, 11) is 1.86. The standard InChI is InChI=1S/C10H13N5/c1-6-7(2)13-10(14-9(6)11)8-4-12-15(3)5-8/h4-5H,1-3H3,(H2,11,13,14). The summed E-state index contributed by atoms with van der Waals surface area (Å²) in [6.45, 7) is 3.84. The van der Waals surface area contributed by atoms with E-state index in [0.717, 1.165) is 16.8 Å². The molecule has 0 unspecified atom stereocenters. The lowest BCUT2D eigenvalue weighted by Crippen LogP contribution is -2.01. The van der Waals surface area contributed by atoms with Gasteiger partial charge in [-0.3, -0.25) is 4.68 Å². The minimum Gasteiger partial charge on any atom is -0.383 e. The molecular formula is C10H13N5. The molecule has 0 saturated carbocycles. The summed E-state index contributed by atoms with van der Waals surface area (Å²) in [4.78, 5) is 8.60. The van der Waals surface area contributed by atoms with Gasteiger partial charge in [0.25, 0.3) is 0 Å². The van der Waals surface area contributed by atoms with Gasteiger partial charge < -0.3 is 5.73 Å². The van der Waals surface area contributed by atoms with Crippen molar-refractivity contribution in [3.63, 3.8) is 0 Å². The molecule has 2 heterocycles. The average molecular weight is 203 g/mol. The third-order valence-electron chi connectivity index (χ3n) is 2.39. The van der Waals surface area contributed by atoms with Crippen molar-refractivity contribution < 1.29 is 0 Å². The van der Waals surface area contributed by atoms with Crippen LogP contribution in [0.2, 0.25) is 0 Å².